The average molecular weight is 386 g/mol. The third-order valence-corrected chi connectivity index (χ3v) is 4.49. The average Bonchev–Trinajstić information content (AvgIpc) is 2.67. The van der Waals surface area contributed by atoms with Gasteiger partial charge in [-0.25, -0.2) is 0 Å². The molecule has 27 heavy (non-hydrogen) atoms. The second-order valence-corrected chi connectivity index (χ2v) is 6.50. The van der Waals surface area contributed by atoms with Gasteiger partial charge in [-0.2, -0.15) is 5.26 Å². The third-order valence-electron chi connectivity index (χ3n) is 4.26. The summed E-state index contributed by atoms with van der Waals surface area (Å²) in [6, 6.07) is 13.2. The Labute approximate surface area is 160 Å². The van der Waals surface area contributed by atoms with Crippen LogP contribution < -0.4 is 15.4 Å². The Hall–Kier alpha value is -3.08. The van der Waals surface area contributed by atoms with E-state index in [1.165, 1.54) is 18.2 Å². The molecule has 0 aromatic heterocycles. The van der Waals surface area contributed by atoms with Crippen molar-refractivity contribution in [3.63, 3.8) is 0 Å². The number of para-hydroxylation sites is 1. The molecule has 0 saturated carbocycles. The minimum atomic E-state index is -1.33. The van der Waals surface area contributed by atoms with E-state index in [1.54, 1.807) is 24.3 Å². The van der Waals surface area contributed by atoms with Gasteiger partial charge >= 0.3 is 11.8 Å². The van der Waals surface area contributed by atoms with Gasteiger partial charge < -0.3 is 20.5 Å². The van der Waals surface area contributed by atoms with Crippen molar-refractivity contribution in [3.8, 4) is 11.8 Å². The second kappa shape index (κ2) is 7.66. The fourth-order valence-corrected chi connectivity index (χ4v) is 3.00. The summed E-state index contributed by atoms with van der Waals surface area (Å²) in [4.78, 5) is 24.3. The molecule has 1 aliphatic heterocycles. The van der Waals surface area contributed by atoms with Crippen LogP contribution in [0.5, 0.6) is 5.75 Å². The van der Waals surface area contributed by atoms with E-state index < -0.39 is 17.4 Å². The van der Waals surface area contributed by atoms with Crippen LogP contribution in [-0.2, 0) is 15.2 Å². The number of rotatable bonds is 3. The molecule has 0 bridgehead atoms. The van der Waals surface area contributed by atoms with Crippen LogP contribution in [0.15, 0.2) is 42.5 Å². The van der Waals surface area contributed by atoms with Crippen molar-refractivity contribution in [2.45, 2.75) is 12.0 Å². The molecular weight excluding hydrogens is 370 g/mol. The van der Waals surface area contributed by atoms with Crippen LogP contribution in [0.25, 0.3) is 0 Å². The molecule has 1 heterocycles. The first-order valence-corrected chi connectivity index (χ1v) is 8.54. The second-order valence-electron chi connectivity index (χ2n) is 6.06. The van der Waals surface area contributed by atoms with Crippen molar-refractivity contribution < 1.29 is 19.4 Å². The van der Waals surface area contributed by atoms with Crippen LogP contribution >= 0.6 is 11.6 Å². The lowest BCUT2D eigenvalue weighted by Gasteiger charge is -2.34. The number of ether oxygens (including phenoxy) is 1. The minimum absolute atomic E-state index is 0.139. The number of hydrogen-bond donors (Lipinski definition) is 3. The van der Waals surface area contributed by atoms with Gasteiger partial charge in [0.05, 0.1) is 24.4 Å². The maximum Gasteiger partial charge on any atom is 0.313 e. The Balaban J connectivity index is 1.67. The first kappa shape index (κ1) is 18.7. The number of benzene rings is 2. The van der Waals surface area contributed by atoms with Crippen LogP contribution in [0, 0.1) is 11.3 Å². The molecule has 0 unspecified atom stereocenters. The van der Waals surface area contributed by atoms with Crippen molar-refractivity contribution in [2.24, 2.45) is 0 Å². The monoisotopic (exact) mass is 385 g/mol. The number of amides is 2. The highest BCUT2D eigenvalue weighted by molar-refractivity contribution is 6.40. The zero-order chi connectivity index (χ0) is 19.4. The molecule has 3 N–H and O–H groups in total. The fraction of sp³-hybridized carbons (Fsp3) is 0.211. The largest absolute Gasteiger partial charge is 0.493 e. The Morgan fingerprint density at radius 2 is 2.04 bits per heavy atom. The third kappa shape index (κ3) is 4.03. The van der Waals surface area contributed by atoms with Gasteiger partial charge in [0.15, 0.2) is 0 Å². The zero-order valence-electron chi connectivity index (χ0n) is 14.2. The standard InChI is InChI=1S/C19H16ClN3O4/c20-13-6-5-12(10-21)15(9-13)23-18(25)17(24)22-11-19(26)7-8-27-16-4-2-1-3-14(16)19/h1-6,9,26H,7-8,11H2,(H,22,24)(H,23,25)/t19-/m1/s1. The molecule has 138 valence electrons. The highest BCUT2D eigenvalue weighted by Gasteiger charge is 2.36. The molecule has 0 aliphatic carbocycles. The number of carbonyl (C=O) groups is 2. The lowest BCUT2D eigenvalue weighted by atomic mass is 9.88. The van der Waals surface area contributed by atoms with E-state index in [1.807, 2.05) is 6.07 Å². The van der Waals surface area contributed by atoms with E-state index in [0.717, 1.165) is 0 Å². The quantitative estimate of drug-likeness (QED) is 0.699. The molecule has 2 aromatic carbocycles. The van der Waals surface area contributed by atoms with Crippen molar-refractivity contribution >= 4 is 29.1 Å². The number of hydrogen-bond acceptors (Lipinski definition) is 5. The number of nitriles is 1. The SMILES string of the molecule is N#Cc1ccc(Cl)cc1NC(=O)C(=O)NC[C@]1(O)CCOc2ccccc21. The molecule has 3 rings (SSSR count). The van der Waals surface area contributed by atoms with Gasteiger partial charge in [-0.1, -0.05) is 29.8 Å². The number of nitrogens with one attached hydrogen (secondary N) is 2. The van der Waals surface area contributed by atoms with Gasteiger partial charge in [0.1, 0.15) is 17.4 Å². The van der Waals surface area contributed by atoms with Gasteiger partial charge in [0.25, 0.3) is 0 Å². The number of nitrogens with zero attached hydrogens (tertiary/aromatic N) is 1. The maximum atomic E-state index is 12.1. The number of anilines is 1. The van der Waals surface area contributed by atoms with E-state index in [4.69, 9.17) is 21.6 Å². The smallest absolute Gasteiger partial charge is 0.313 e. The number of aliphatic hydroxyl groups is 1. The molecule has 2 amide bonds. The molecule has 2 aromatic rings. The van der Waals surface area contributed by atoms with Gasteiger partial charge in [0, 0.05) is 17.0 Å². The summed E-state index contributed by atoms with van der Waals surface area (Å²) in [5.74, 6) is -1.35. The molecule has 1 aliphatic rings. The van der Waals surface area contributed by atoms with E-state index in [2.05, 4.69) is 10.6 Å². The lowest BCUT2D eigenvalue weighted by Crippen LogP contribution is -2.46. The number of carbonyl (C=O) groups excluding carboxylic acids is 2. The van der Waals surface area contributed by atoms with Crippen LogP contribution in [0.3, 0.4) is 0 Å². The van der Waals surface area contributed by atoms with Crippen LogP contribution in [-0.4, -0.2) is 30.1 Å². The Bertz CT molecular complexity index is 941. The van der Waals surface area contributed by atoms with Gasteiger partial charge in [-0.15, -0.1) is 0 Å². The number of fused-ring (bicyclic) bond motifs is 1. The zero-order valence-corrected chi connectivity index (χ0v) is 14.9. The fourth-order valence-electron chi connectivity index (χ4n) is 2.83. The lowest BCUT2D eigenvalue weighted by molar-refractivity contribution is -0.137. The number of halogens is 1. The molecule has 1 atom stereocenters. The van der Waals surface area contributed by atoms with Crippen LogP contribution in [0.4, 0.5) is 5.69 Å². The Kier molecular flexibility index (Phi) is 5.31. The van der Waals surface area contributed by atoms with E-state index >= 15 is 0 Å². The summed E-state index contributed by atoms with van der Waals surface area (Å²) in [5.41, 5.74) is -0.463. The summed E-state index contributed by atoms with van der Waals surface area (Å²) in [5, 5.41) is 25.1. The van der Waals surface area contributed by atoms with Gasteiger partial charge in [0.2, 0.25) is 0 Å². The molecular formula is C19H16ClN3O4. The summed E-state index contributed by atoms with van der Waals surface area (Å²) in [7, 11) is 0. The summed E-state index contributed by atoms with van der Waals surface area (Å²) >= 11 is 5.86. The van der Waals surface area contributed by atoms with Crippen molar-refractivity contribution in [1.82, 2.24) is 5.32 Å². The Morgan fingerprint density at radius 3 is 2.81 bits per heavy atom. The van der Waals surface area contributed by atoms with Crippen molar-refractivity contribution in [1.29, 1.82) is 5.26 Å². The summed E-state index contributed by atoms with van der Waals surface area (Å²) < 4.78 is 5.49. The topological polar surface area (TPSA) is 111 Å². The predicted molar refractivity (Wildman–Crippen MR) is 98.3 cm³/mol. The highest BCUT2D eigenvalue weighted by Crippen LogP contribution is 2.36. The molecule has 8 heteroatoms. The molecule has 0 saturated heterocycles. The van der Waals surface area contributed by atoms with E-state index in [-0.39, 0.29) is 24.2 Å². The Morgan fingerprint density at radius 1 is 1.26 bits per heavy atom. The minimum Gasteiger partial charge on any atom is -0.493 e. The van der Waals surface area contributed by atoms with Gasteiger partial charge in [-0.05, 0) is 24.3 Å². The van der Waals surface area contributed by atoms with Crippen LogP contribution in [0.2, 0.25) is 5.02 Å². The van der Waals surface area contributed by atoms with E-state index in [9.17, 15) is 14.7 Å². The van der Waals surface area contributed by atoms with Crippen molar-refractivity contribution in [3.05, 3.63) is 58.6 Å². The molecule has 0 spiro atoms. The molecule has 7 nitrogen and oxygen atoms in total. The summed E-state index contributed by atoms with van der Waals surface area (Å²) in [6.07, 6.45) is 0.277. The van der Waals surface area contributed by atoms with Gasteiger partial charge in [-0.3, -0.25) is 9.59 Å². The van der Waals surface area contributed by atoms with E-state index in [0.29, 0.717) is 22.9 Å². The molecule has 0 fully saturated rings. The predicted octanol–water partition coefficient (Wildman–Crippen LogP) is 1.94. The van der Waals surface area contributed by atoms with Crippen LogP contribution in [0.1, 0.15) is 17.5 Å². The first-order valence-electron chi connectivity index (χ1n) is 8.16. The van der Waals surface area contributed by atoms with Crippen molar-refractivity contribution in [2.75, 3.05) is 18.5 Å². The maximum absolute atomic E-state index is 12.1. The molecule has 0 radical (unpaired) electrons. The normalized spacial score (nSPS) is 17.8. The highest BCUT2D eigenvalue weighted by atomic mass is 35.5. The summed E-state index contributed by atoms with van der Waals surface area (Å²) in [6.45, 7) is 0.143. The first-order chi connectivity index (χ1) is 12.9.